The van der Waals surface area contributed by atoms with Crippen molar-refractivity contribution in [3.05, 3.63) is 66.7 Å². The highest BCUT2D eigenvalue weighted by Gasteiger charge is 2.10. The molecule has 120 valence electrons. The zero-order valence-corrected chi connectivity index (χ0v) is 12.8. The third kappa shape index (κ3) is 5.27. The smallest absolute Gasteiger partial charge is 0.330 e. The van der Waals surface area contributed by atoms with Gasteiger partial charge in [-0.3, -0.25) is 0 Å². The molecule has 4 heteroatoms. The van der Waals surface area contributed by atoms with E-state index in [0.717, 1.165) is 11.1 Å². The lowest BCUT2D eigenvalue weighted by atomic mass is 10.1. The van der Waals surface area contributed by atoms with Gasteiger partial charge in [-0.15, -0.1) is 0 Å². The average Bonchev–Trinajstić information content (AvgIpc) is 2.58. The molecule has 4 nitrogen and oxygen atoms in total. The van der Waals surface area contributed by atoms with Crippen molar-refractivity contribution in [2.75, 3.05) is 6.61 Å². The molecule has 0 spiro atoms. The number of benzene rings is 2. The summed E-state index contributed by atoms with van der Waals surface area (Å²) in [5.74, 6) is -0.365. The molecule has 2 rings (SSSR count). The summed E-state index contributed by atoms with van der Waals surface area (Å²) < 4.78 is 5.60. The Hall–Kier alpha value is -2.59. The van der Waals surface area contributed by atoms with Crippen molar-refractivity contribution >= 4 is 5.97 Å². The van der Waals surface area contributed by atoms with Gasteiger partial charge in [0, 0.05) is 5.57 Å². The van der Waals surface area contributed by atoms with Gasteiger partial charge in [-0.2, -0.15) is 0 Å². The molecule has 0 fully saturated rings. The van der Waals surface area contributed by atoms with Gasteiger partial charge in [-0.05, 0) is 36.1 Å². The van der Waals surface area contributed by atoms with Gasteiger partial charge < -0.3 is 14.9 Å². The van der Waals surface area contributed by atoms with Crippen molar-refractivity contribution < 1.29 is 19.7 Å². The van der Waals surface area contributed by atoms with Gasteiger partial charge in [-0.1, -0.05) is 49.0 Å². The van der Waals surface area contributed by atoms with Crippen molar-refractivity contribution in [1.82, 2.24) is 0 Å². The Morgan fingerprint density at radius 1 is 1.09 bits per heavy atom. The van der Waals surface area contributed by atoms with E-state index in [1.165, 1.54) is 0 Å². The summed E-state index contributed by atoms with van der Waals surface area (Å²) in [5, 5.41) is 18.6. The van der Waals surface area contributed by atoms with Crippen LogP contribution < -0.4 is 4.74 Å². The number of carbonyl (C=O) groups is 1. The maximum atomic E-state index is 10.7. The lowest BCUT2D eigenvalue weighted by Crippen LogP contribution is -2.18. The fraction of sp³-hybridized carbons (Fsp3) is 0.211. The van der Waals surface area contributed by atoms with Crippen molar-refractivity contribution in [2.45, 2.75) is 18.9 Å². The highest BCUT2D eigenvalue weighted by molar-refractivity contribution is 5.85. The minimum absolute atomic E-state index is 0.0927. The predicted molar refractivity (Wildman–Crippen MR) is 89.4 cm³/mol. The second-order valence-corrected chi connectivity index (χ2v) is 5.31. The van der Waals surface area contributed by atoms with Crippen LogP contribution in [0.15, 0.2) is 66.7 Å². The number of carboxylic acids is 1. The Balaban J connectivity index is 1.89. The summed E-state index contributed by atoms with van der Waals surface area (Å²) >= 11 is 0. The molecule has 23 heavy (non-hydrogen) atoms. The highest BCUT2D eigenvalue weighted by atomic mass is 16.5. The van der Waals surface area contributed by atoms with Crippen molar-refractivity contribution in [1.29, 1.82) is 0 Å². The first-order chi connectivity index (χ1) is 11.1. The van der Waals surface area contributed by atoms with Gasteiger partial charge in [0.15, 0.2) is 0 Å². The Labute approximate surface area is 135 Å². The van der Waals surface area contributed by atoms with Crippen LogP contribution in [0.1, 0.15) is 12.8 Å². The lowest BCUT2D eigenvalue weighted by Gasteiger charge is -2.13. The van der Waals surface area contributed by atoms with E-state index >= 15 is 0 Å². The molecular formula is C19H20O4. The Kier molecular flexibility index (Phi) is 5.94. The van der Waals surface area contributed by atoms with E-state index in [-0.39, 0.29) is 18.6 Å². The van der Waals surface area contributed by atoms with Crippen LogP contribution in [0.25, 0.3) is 11.1 Å². The van der Waals surface area contributed by atoms with Crippen molar-refractivity contribution in [3.8, 4) is 16.9 Å². The van der Waals surface area contributed by atoms with E-state index in [1.54, 1.807) is 0 Å². The number of aliphatic hydroxyl groups excluding tert-OH is 1. The Morgan fingerprint density at radius 3 is 2.48 bits per heavy atom. The molecule has 0 heterocycles. The molecule has 1 atom stereocenters. The predicted octanol–water partition coefficient (Wildman–Crippen LogP) is 3.51. The molecular weight excluding hydrogens is 292 g/mol. The van der Waals surface area contributed by atoms with Gasteiger partial charge >= 0.3 is 5.97 Å². The van der Waals surface area contributed by atoms with Crippen LogP contribution in [-0.2, 0) is 4.79 Å². The summed E-state index contributed by atoms with van der Waals surface area (Å²) in [6.07, 6.45) is -0.181. The molecule has 1 unspecified atom stereocenters. The number of hydrogen-bond donors (Lipinski definition) is 2. The second kappa shape index (κ2) is 8.15. The molecule has 2 N–H and O–H groups in total. The minimum atomic E-state index is -1.03. The fourth-order valence-electron chi connectivity index (χ4n) is 2.12. The zero-order valence-electron chi connectivity index (χ0n) is 12.8. The van der Waals surface area contributed by atoms with Crippen molar-refractivity contribution in [3.63, 3.8) is 0 Å². The quantitative estimate of drug-likeness (QED) is 0.732. The number of ether oxygens (including phenoxy) is 1. The van der Waals surface area contributed by atoms with Crippen LogP contribution in [0.2, 0.25) is 0 Å². The third-order valence-electron chi connectivity index (χ3n) is 3.47. The average molecular weight is 312 g/mol. The standard InChI is InChI=1S/C19H20O4/c1-14(19(21)22)10-11-17(20)13-23-18-9-5-8-16(12-18)15-6-3-2-4-7-15/h2-9,12,17,20H,1,10-11,13H2,(H,21,22). The van der Waals surface area contributed by atoms with E-state index in [2.05, 4.69) is 6.58 Å². The zero-order chi connectivity index (χ0) is 16.7. The lowest BCUT2D eigenvalue weighted by molar-refractivity contribution is -0.132. The van der Waals surface area contributed by atoms with E-state index in [4.69, 9.17) is 9.84 Å². The van der Waals surface area contributed by atoms with Crippen LogP contribution in [0, 0.1) is 0 Å². The van der Waals surface area contributed by atoms with Crippen molar-refractivity contribution in [2.24, 2.45) is 0 Å². The summed E-state index contributed by atoms with van der Waals surface area (Å²) in [6, 6.07) is 17.6. The molecule has 0 aliphatic carbocycles. The normalized spacial score (nSPS) is 11.7. The molecule has 2 aromatic carbocycles. The van der Waals surface area contributed by atoms with Gasteiger partial charge in [0.25, 0.3) is 0 Å². The topological polar surface area (TPSA) is 66.8 Å². The largest absolute Gasteiger partial charge is 0.491 e. The Morgan fingerprint density at radius 2 is 1.78 bits per heavy atom. The summed E-state index contributed by atoms with van der Waals surface area (Å²) in [4.78, 5) is 10.7. The minimum Gasteiger partial charge on any atom is -0.491 e. The molecule has 0 saturated heterocycles. The van der Waals surface area contributed by atoms with E-state index < -0.39 is 12.1 Å². The fourth-order valence-corrected chi connectivity index (χ4v) is 2.12. The van der Waals surface area contributed by atoms with Gasteiger partial charge in [0.2, 0.25) is 0 Å². The van der Waals surface area contributed by atoms with Crippen LogP contribution in [-0.4, -0.2) is 28.9 Å². The second-order valence-electron chi connectivity index (χ2n) is 5.31. The first-order valence-electron chi connectivity index (χ1n) is 7.43. The van der Waals surface area contributed by atoms with Crippen LogP contribution in [0.4, 0.5) is 0 Å². The number of hydrogen-bond acceptors (Lipinski definition) is 3. The SMILES string of the molecule is C=C(CCC(O)COc1cccc(-c2ccccc2)c1)C(=O)O. The van der Waals surface area contributed by atoms with Crippen LogP contribution >= 0.6 is 0 Å². The summed E-state index contributed by atoms with van der Waals surface area (Å²) in [6.45, 7) is 3.55. The van der Waals surface area contributed by atoms with E-state index in [0.29, 0.717) is 12.2 Å². The number of aliphatic hydroxyl groups is 1. The van der Waals surface area contributed by atoms with E-state index in [1.807, 2.05) is 54.6 Å². The number of aliphatic carboxylic acids is 1. The summed E-state index contributed by atoms with van der Waals surface area (Å²) in [5.41, 5.74) is 2.23. The first kappa shape index (κ1) is 16.8. The molecule has 2 aromatic rings. The molecule has 0 aromatic heterocycles. The van der Waals surface area contributed by atoms with Gasteiger partial charge in [-0.25, -0.2) is 4.79 Å². The van der Waals surface area contributed by atoms with Crippen LogP contribution in [0.5, 0.6) is 5.75 Å². The molecule has 0 radical (unpaired) electrons. The molecule has 0 saturated carbocycles. The van der Waals surface area contributed by atoms with Crippen LogP contribution in [0.3, 0.4) is 0 Å². The number of rotatable bonds is 8. The molecule has 0 amide bonds. The van der Waals surface area contributed by atoms with Gasteiger partial charge in [0.05, 0.1) is 6.10 Å². The molecule has 0 aliphatic rings. The highest BCUT2D eigenvalue weighted by Crippen LogP contribution is 2.23. The monoisotopic (exact) mass is 312 g/mol. The third-order valence-corrected chi connectivity index (χ3v) is 3.47. The Bertz CT molecular complexity index is 664. The molecule has 0 bridgehead atoms. The molecule has 0 aliphatic heterocycles. The van der Waals surface area contributed by atoms with E-state index in [9.17, 15) is 9.90 Å². The first-order valence-corrected chi connectivity index (χ1v) is 7.43. The van der Waals surface area contributed by atoms with Gasteiger partial charge in [0.1, 0.15) is 12.4 Å². The summed E-state index contributed by atoms with van der Waals surface area (Å²) in [7, 11) is 0. The maximum Gasteiger partial charge on any atom is 0.330 e. The number of carboxylic acid groups (broad SMARTS) is 1. The maximum absolute atomic E-state index is 10.7.